The highest BCUT2D eigenvalue weighted by Gasteiger charge is 2.40. The van der Waals surface area contributed by atoms with Crippen LogP contribution in [0.25, 0.3) is 10.9 Å². The van der Waals surface area contributed by atoms with Gasteiger partial charge in [-0.15, -0.1) is 0 Å². The summed E-state index contributed by atoms with van der Waals surface area (Å²) in [5, 5.41) is 13.7. The number of nitrogens with one attached hydrogen (secondary N) is 2. The van der Waals surface area contributed by atoms with Crippen LogP contribution >= 0.6 is 0 Å². The molecule has 0 aliphatic carbocycles. The molecular formula is C27H37N3O5Si. The highest BCUT2D eigenvalue weighted by Crippen LogP contribution is 2.41. The molecule has 0 saturated heterocycles. The Balaban J connectivity index is 1.75. The van der Waals surface area contributed by atoms with Gasteiger partial charge in [0, 0.05) is 24.4 Å². The van der Waals surface area contributed by atoms with E-state index in [0.717, 1.165) is 16.7 Å². The third-order valence-corrected chi connectivity index (χ3v) is 11.3. The molecule has 3 rings (SSSR count). The second-order valence-electron chi connectivity index (χ2n) is 10.4. The average Bonchev–Trinajstić information content (AvgIpc) is 2.82. The second-order valence-corrected chi connectivity index (χ2v) is 15.2. The van der Waals surface area contributed by atoms with Crippen molar-refractivity contribution in [2.45, 2.75) is 58.0 Å². The van der Waals surface area contributed by atoms with E-state index in [1.165, 1.54) is 12.1 Å². The van der Waals surface area contributed by atoms with Gasteiger partial charge in [-0.25, -0.2) is 4.79 Å². The van der Waals surface area contributed by atoms with Gasteiger partial charge >= 0.3 is 6.09 Å². The van der Waals surface area contributed by atoms with Crippen LogP contribution < -0.4 is 16.6 Å². The van der Waals surface area contributed by atoms with Crippen LogP contribution in [0.5, 0.6) is 5.75 Å². The summed E-state index contributed by atoms with van der Waals surface area (Å²) in [6.07, 6.45) is -0.442. The number of amides is 1. The molecule has 3 aromatic rings. The second kappa shape index (κ2) is 11.3. The molecule has 0 bridgehead atoms. The smallest absolute Gasteiger partial charge is 0.407 e. The Morgan fingerprint density at radius 2 is 1.75 bits per heavy atom. The van der Waals surface area contributed by atoms with Gasteiger partial charge in [-0.1, -0.05) is 51.1 Å². The molecule has 9 heteroatoms. The standard InChI is InChI=1S/C27H37N3O5Si/c1-27(2,3)36(4,5)35-23(20-10-12-22(31)25-21(20)11-13-24(32)30-25)17-29-26(33)34-15-14-18-6-8-19(16-28)9-7-18/h6-13,23,31H,14-17,28H2,1-5H3,(H,29,33)(H,30,32). The fraction of sp³-hybridized carbons (Fsp3) is 0.407. The number of H-pyrrole nitrogens is 1. The third-order valence-electron chi connectivity index (χ3n) is 6.81. The zero-order chi connectivity index (χ0) is 26.5. The first kappa shape index (κ1) is 27.4. The molecule has 8 nitrogen and oxygen atoms in total. The fourth-order valence-corrected chi connectivity index (χ4v) is 4.89. The summed E-state index contributed by atoms with van der Waals surface area (Å²) in [5.74, 6) is -0.0237. The Hall–Kier alpha value is -3.14. The van der Waals surface area contributed by atoms with E-state index in [-0.39, 0.29) is 29.5 Å². The number of carbonyl (C=O) groups is 1. The number of aromatic amines is 1. The maximum Gasteiger partial charge on any atom is 0.407 e. The number of hydrogen-bond donors (Lipinski definition) is 4. The number of benzene rings is 2. The van der Waals surface area contributed by atoms with Crippen LogP contribution in [0.1, 0.15) is 43.6 Å². The lowest BCUT2D eigenvalue weighted by molar-refractivity contribution is 0.134. The third kappa shape index (κ3) is 6.75. The van der Waals surface area contributed by atoms with Gasteiger partial charge < -0.3 is 30.3 Å². The van der Waals surface area contributed by atoms with Crippen molar-refractivity contribution in [3.63, 3.8) is 0 Å². The lowest BCUT2D eigenvalue weighted by Gasteiger charge is -2.39. The Morgan fingerprint density at radius 1 is 1.08 bits per heavy atom. The molecule has 0 aliphatic heterocycles. The van der Waals surface area contributed by atoms with Crippen LogP contribution in [-0.4, -0.2) is 37.7 Å². The van der Waals surface area contributed by atoms with E-state index in [1.54, 1.807) is 12.1 Å². The number of hydrogen-bond acceptors (Lipinski definition) is 6. The highest BCUT2D eigenvalue weighted by atomic mass is 28.4. The molecule has 0 aliphatic rings. The van der Waals surface area contributed by atoms with Crippen LogP contribution in [0.4, 0.5) is 4.79 Å². The normalized spacial score (nSPS) is 12.9. The van der Waals surface area contributed by atoms with Crippen molar-refractivity contribution in [3.8, 4) is 5.75 Å². The number of ether oxygens (including phenoxy) is 1. The molecule has 0 saturated carbocycles. The fourth-order valence-electron chi connectivity index (χ4n) is 3.62. The van der Waals surface area contributed by atoms with Gasteiger partial charge in [0.1, 0.15) is 5.75 Å². The number of phenols is 1. The van der Waals surface area contributed by atoms with Crippen molar-refractivity contribution < 1.29 is 19.1 Å². The number of carbonyl (C=O) groups excluding carboxylic acids is 1. The van der Waals surface area contributed by atoms with Crippen molar-refractivity contribution in [3.05, 3.63) is 75.6 Å². The van der Waals surface area contributed by atoms with Crippen molar-refractivity contribution in [1.29, 1.82) is 0 Å². The van der Waals surface area contributed by atoms with Gasteiger partial charge in [-0.05, 0) is 47.0 Å². The first-order valence-electron chi connectivity index (χ1n) is 12.1. The first-order chi connectivity index (χ1) is 16.9. The number of fused-ring (bicyclic) bond motifs is 1. The summed E-state index contributed by atoms with van der Waals surface area (Å²) in [5.41, 5.74) is 8.54. The predicted octanol–water partition coefficient (Wildman–Crippen LogP) is 4.72. The average molecular weight is 512 g/mol. The molecule has 5 N–H and O–H groups in total. The quantitative estimate of drug-likeness (QED) is 0.308. The molecule has 36 heavy (non-hydrogen) atoms. The van der Waals surface area contributed by atoms with Crippen molar-refractivity contribution in [1.82, 2.24) is 10.3 Å². The molecule has 1 unspecified atom stereocenters. The number of aromatic nitrogens is 1. The zero-order valence-corrected chi connectivity index (χ0v) is 22.7. The topological polar surface area (TPSA) is 127 Å². The summed E-state index contributed by atoms with van der Waals surface area (Å²) < 4.78 is 12.1. The minimum atomic E-state index is -2.25. The molecule has 1 aromatic heterocycles. The Morgan fingerprint density at radius 3 is 2.39 bits per heavy atom. The van der Waals surface area contributed by atoms with Gasteiger partial charge in [-0.2, -0.15) is 0 Å². The van der Waals surface area contributed by atoms with E-state index in [1.807, 2.05) is 24.3 Å². The minimum absolute atomic E-state index is 0.0237. The van der Waals surface area contributed by atoms with Crippen molar-refractivity contribution in [2.24, 2.45) is 5.73 Å². The molecule has 0 spiro atoms. The highest BCUT2D eigenvalue weighted by molar-refractivity contribution is 6.74. The summed E-state index contributed by atoms with van der Waals surface area (Å²) in [6.45, 7) is 11.6. The molecule has 194 valence electrons. The molecular weight excluding hydrogens is 474 g/mol. The number of phenolic OH excluding ortho intramolecular Hbond substituents is 1. The summed E-state index contributed by atoms with van der Waals surface area (Å²) >= 11 is 0. The van der Waals surface area contributed by atoms with Gasteiger partial charge in [0.2, 0.25) is 5.56 Å². The minimum Gasteiger partial charge on any atom is -0.506 e. The van der Waals surface area contributed by atoms with Gasteiger partial charge in [0.15, 0.2) is 8.32 Å². The Kier molecular flexibility index (Phi) is 8.60. The van der Waals surface area contributed by atoms with Crippen molar-refractivity contribution in [2.75, 3.05) is 13.2 Å². The van der Waals surface area contributed by atoms with Gasteiger partial charge in [0.05, 0.1) is 24.8 Å². The largest absolute Gasteiger partial charge is 0.506 e. The van der Waals surface area contributed by atoms with Gasteiger partial charge in [-0.3, -0.25) is 4.79 Å². The first-order valence-corrected chi connectivity index (χ1v) is 15.0. The number of alkyl carbamates (subject to hydrolysis) is 1. The van der Waals surface area contributed by atoms with Crippen molar-refractivity contribution >= 4 is 25.3 Å². The molecule has 2 aromatic carbocycles. The van der Waals surface area contributed by atoms with E-state index < -0.39 is 20.5 Å². The molecule has 0 radical (unpaired) electrons. The molecule has 0 fully saturated rings. The predicted molar refractivity (Wildman–Crippen MR) is 145 cm³/mol. The number of aromatic hydroxyl groups is 1. The van der Waals surface area contributed by atoms with Crippen LogP contribution in [0.2, 0.25) is 18.1 Å². The number of rotatable bonds is 9. The summed E-state index contributed by atoms with van der Waals surface area (Å²) in [6, 6.07) is 14.3. The van der Waals surface area contributed by atoms with Crippen LogP contribution in [-0.2, 0) is 22.1 Å². The lowest BCUT2D eigenvalue weighted by Crippen LogP contribution is -2.44. The zero-order valence-electron chi connectivity index (χ0n) is 21.7. The monoisotopic (exact) mass is 511 g/mol. The molecule has 1 amide bonds. The summed E-state index contributed by atoms with van der Waals surface area (Å²) in [7, 11) is -2.25. The van der Waals surface area contributed by atoms with Crippen LogP contribution in [0.3, 0.4) is 0 Å². The lowest BCUT2D eigenvalue weighted by atomic mass is 10.0. The summed E-state index contributed by atoms with van der Waals surface area (Å²) in [4.78, 5) is 27.1. The molecule has 1 heterocycles. The maximum atomic E-state index is 12.5. The SMILES string of the molecule is CC(C)(C)[Si](C)(C)OC(CNC(=O)OCCc1ccc(CN)cc1)c1ccc(O)c2[nH]c(=O)ccc12. The van der Waals surface area contributed by atoms with Crippen LogP contribution in [0.15, 0.2) is 53.3 Å². The maximum absolute atomic E-state index is 12.5. The van der Waals surface area contributed by atoms with E-state index in [9.17, 15) is 14.7 Å². The van der Waals surface area contributed by atoms with Gasteiger partial charge in [0.25, 0.3) is 0 Å². The Labute approximate surface area is 213 Å². The number of nitrogens with two attached hydrogens (primary N) is 1. The van der Waals surface area contributed by atoms with E-state index >= 15 is 0 Å². The van der Waals surface area contributed by atoms with Crippen LogP contribution in [0, 0.1) is 0 Å². The molecule has 1 atom stereocenters. The van der Waals surface area contributed by atoms with E-state index in [2.05, 4.69) is 44.2 Å². The van der Waals surface area contributed by atoms with E-state index in [0.29, 0.717) is 23.9 Å². The number of pyridine rings is 1. The van der Waals surface area contributed by atoms with E-state index in [4.69, 9.17) is 14.9 Å². The Bertz CT molecular complexity index is 1250.